The van der Waals surface area contributed by atoms with Crippen LogP contribution in [0.4, 0.5) is 0 Å². The Morgan fingerprint density at radius 3 is 2.62 bits per heavy atom. The van der Waals surface area contributed by atoms with Gasteiger partial charge in [-0.25, -0.2) is 4.79 Å². The van der Waals surface area contributed by atoms with Crippen molar-refractivity contribution in [3.05, 3.63) is 75.6 Å². The third kappa shape index (κ3) is 4.01. The first kappa shape index (κ1) is 22.3. The number of esters is 1. The van der Waals surface area contributed by atoms with E-state index in [0.717, 1.165) is 17.0 Å². The average molecular weight is 482 g/mol. The molecule has 0 aromatic heterocycles. The molecule has 8 heteroatoms. The predicted molar refractivity (Wildman–Crippen MR) is 125 cm³/mol. The van der Waals surface area contributed by atoms with Crippen LogP contribution in [-0.2, 0) is 20.9 Å². The van der Waals surface area contributed by atoms with E-state index in [4.69, 9.17) is 30.5 Å². The second-order valence-electron chi connectivity index (χ2n) is 8.43. The minimum Gasteiger partial charge on any atom is -0.497 e. The number of carbonyl (C=O) groups excluding carboxylic acids is 2. The van der Waals surface area contributed by atoms with Crippen molar-refractivity contribution >= 4 is 23.4 Å². The number of ketones is 1. The maximum absolute atomic E-state index is 13.4. The van der Waals surface area contributed by atoms with Crippen molar-refractivity contribution in [1.82, 2.24) is 5.32 Å². The lowest BCUT2D eigenvalue weighted by Crippen LogP contribution is -2.40. The topological polar surface area (TPSA) is 83.1 Å². The standard InChI is InChI=1S/C26H24ClNO6/c1-14-23(26(30)32-12-15-6-8-16(31-2)9-7-15)24(25-19(28-14)4-3-5-20(25)29)17-10-21-22(11-18(17)27)34-13-33-21/h4,6-11,24-25,28H,3,5,12-13H2,1-2H3. The molecule has 34 heavy (non-hydrogen) atoms. The molecular weight excluding hydrogens is 458 g/mol. The van der Waals surface area contributed by atoms with Gasteiger partial charge in [-0.15, -0.1) is 0 Å². The first-order chi connectivity index (χ1) is 16.5. The van der Waals surface area contributed by atoms with Gasteiger partial charge >= 0.3 is 5.97 Å². The number of methoxy groups -OCH3 is 1. The number of carbonyl (C=O) groups is 2. The first-order valence-corrected chi connectivity index (χ1v) is 11.4. The zero-order valence-corrected chi connectivity index (χ0v) is 19.6. The lowest BCUT2D eigenvalue weighted by Gasteiger charge is -2.38. The van der Waals surface area contributed by atoms with Crippen LogP contribution in [0.2, 0.25) is 5.02 Å². The largest absolute Gasteiger partial charge is 0.497 e. The Labute approximate surface area is 202 Å². The van der Waals surface area contributed by atoms with Crippen LogP contribution in [0.15, 0.2) is 59.4 Å². The van der Waals surface area contributed by atoms with Gasteiger partial charge in [0.1, 0.15) is 18.1 Å². The molecule has 2 unspecified atom stereocenters. The summed E-state index contributed by atoms with van der Waals surface area (Å²) in [7, 11) is 1.59. The molecule has 0 radical (unpaired) electrons. The Morgan fingerprint density at radius 1 is 1.15 bits per heavy atom. The quantitative estimate of drug-likeness (QED) is 0.622. The normalized spacial score (nSPS) is 20.9. The van der Waals surface area contributed by atoms with Crippen LogP contribution in [-0.4, -0.2) is 25.7 Å². The third-order valence-electron chi connectivity index (χ3n) is 6.39. The van der Waals surface area contributed by atoms with Crippen LogP contribution >= 0.6 is 11.6 Å². The molecule has 7 nitrogen and oxygen atoms in total. The van der Waals surface area contributed by atoms with E-state index in [1.807, 2.05) is 37.3 Å². The predicted octanol–water partition coefficient (Wildman–Crippen LogP) is 4.64. The number of hydrogen-bond acceptors (Lipinski definition) is 7. The second-order valence-corrected chi connectivity index (χ2v) is 8.84. The molecule has 2 aromatic carbocycles. The van der Waals surface area contributed by atoms with E-state index >= 15 is 0 Å². The summed E-state index contributed by atoms with van der Waals surface area (Å²) in [5.74, 6) is 0.184. The van der Waals surface area contributed by atoms with E-state index in [1.54, 1.807) is 19.2 Å². The average Bonchev–Trinajstić information content (AvgIpc) is 3.29. The van der Waals surface area contributed by atoms with Gasteiger partial charge in [0.15, 0.2) is 11.5 Å². The highest BCUT2D eigenvalue weighted by molar-refractivity contribution is 6.31. The molecule has 0 saturated carbocycles. The molecule has 0 spiro atoms. The summed E-state index contributed by atoms with van der Waals surface area (Å²) in [5, 5.41) is 3.67. The van der Waals surface area contributed by atoms with Crippen LogP contribution in [0, 0.1) is 5.92 Å². The van der Waals surface area contributed by atoms with Gasteiger partial charge < -0.3 is 24.3 Å². The summed E-state index contributed by atoms with van der Waals surface area (Å²) >= 11 is 6.67. The molecule has 0 fully saturated rings. The van der Waals surface area contributed by atoms with Crippen molar-refractivity contribution in [2.45, 2.75) is 32.3 Å². The summed E-state index contributed by atoms with van der Waals surface area (Å²) in [4.78, 5) is 26.5. The fourth-order valence-corrected chi connectivity index (χ4v) is 5.01. The zero-order chi connectivity index (χ0) is 23.8. The monoisotopic (exact) mass is 481 g/mol. The highest BCUT2D eigenvalue weighted by Gasteiger charge is 2.44. The fraction of sp³-hybridized carbons (Fsp3) is 0.308. The minimum atomic E-state index is -0.606. The van der Waals surface area contributed by atoms with Crippen LogP contribution in [0.1, 0.15) is 36.8 Å². The molecule has 1 aliphatic carbocycles. The van der Waals surface area contributed by atoms with Crippen molar-refractivity contribution in [2.75, 3.05) is 13.9 Å². The molecule has 2 aliphatic heterocycles. The van der Waals surface area contributed by atoms with E-state index < -0.39 is 17.8 Å². The number of hydrogen-bond donors (Lipinski definition) is 1. The van der Waals surface area contributed by atoms with E-state index in [0.29, 0.717) is 46.2 Å². The van der Waals surface area contributed by atoms with Crippen molar-refractivity contribution in [2.24, 2.45) is 5.92 Å². The number of halogens is 1. The Kier molecular flexibility index (Phi) is 5.96. The number of Topliss-reactive ketones (excluding diaryl/α,β-unsaturated/α-hetero) is 1. The Bertz CT molecular complexity index is 1220. The van der Waals surface area contributed by atoms with E-state index in [1.165, 1.54) is 0 Å². The summed E-state index contributed by atoms with van der Waals surface area (Å²) < 4.78 is 21.9. The van der Waals surface area contributed by atoms with Gasteiger partial charge in [-0.3, -0.25) is 4.79 Å². The maximum Gasteiger partial charge on any atom is 0.336 e. The zero-order valence-electron chi connectivity index (χ0n) is 18.9. The molecule has 5 rings (SSSR count). The van der Waals surface area contributed by atoms with Gasteiger partial charge in [0.2, 0.25) is 6.79 Å². The molecule has 3 aliphatic rings. The summed E-state index contributed by atoms with van der Waals surface area (Å²) in [6.07, 6.45) is 3.08. The highest BCUT2D eigenvalue weighted by atomic mass is 35.5. The van der Waals surface area contributed by atoms with E-state index in [-0.39, 0.29) is 19.2 Å². The van der Waals surface area contributed by atoms with E-state index in [9.17, 15) is 9.59 Å². The number of ether oxygens (including phenoxy) is 4. The van der Waals surface area contributed by atoms with Crippen molar-refractivity contribution in [3.63, 3.8) is 0 Å². The Morgan fingerprint density at radius 2 is 1.88 bits per heavy atom. The summed E-state index contributed by atoms with van der Waals surface area (Å²) in [6, 6.07) is 10.7. The highest BCUT2D eigenvalue weighted by Crippen LogP contribution is 2.49. The van der Waals surface area contributed by atoms with Crippen LogP contribution in [0.3, 0.4) is 0 Å². The molecule has 0 bridgehead atoms. The van der Waals surface area contributed by atoms with E-state index in [2.05, 4.69) is 5.32 Å². The molecule has 2 atom stereocenters. The van der Waals surface area contributed by atoms with Gasteiger partial charge in [-0.1, -0.05) is 29.8 Å². The number of fused-ring (bicyclic) bond motifs is 2. The Hall–Kier alpha value is -3.45. The third-order valence-corrected chi connectivity index (χ3v) is 6.72. The van der Waals surface area contributed by atoms with Gasteiger partial charge in [0.05, 0.1) is 18.6 Å². The summed E-state index contributed by atoms with van der Waals surface area (Å²) in [5.41, 5.74) is 3.26. The number of nitrogens with one attached hydrogen (secondary N) is 1. The minimum absolute atomic E-state index is 0.0525. The van der Waals surface area contributed by atoms with Crippen LogP contribution in [0.5, 0.6) is 17.2 Å². The SMILES string of the molecule is COc1ccc(COC(=O)C2=C(C)NC3=CCCC(=O)C3C2c2cc3c(cc2Cl)OCO3)cc1. The van der Waals surface area contributed by atoms with Crippen molar-refractivity contribution in [1.29, 1.82) is 0 Å². The number of allylic oxidation sites excluding steroid dienone is 3. The van der Waals surface area contributed by atoms with Gasteiger partial charge in [-0.05, 0) is 42.7 Å². The summed E-state index contributed by atoms with van der Waals surface area (Å²) in [6.45, 7) is 2.00. The molecule has 0 saturated heterocycles. The lowest BCUT2D eigenvalue weighted by atomic mass is 9.71. The van der Waals surface area contributed by atoms with Crippen molar-refractivity contribution < 1.29 is 28.5 Å². The first-order valence-electron chi connectivity index (χ1n) is 11.1. The molecule has 1 N–H and O–H groups in total. The molecule has 2 heterocycles. The Balaban J connectivity index is 1.52. The number of benzene rings is 2. The van der Waals surface area contributed by atoms with Crippen molar-refractivity contribution in [3.8, 4) is 17.2 Å². The number of rotatable bonds is 5. The molecule has 0 amide bonds. The second kappa shape index (κ2) is 9.06. The van der Waals surface area contributed by atoms with Gasteiger partial charge in [0, 0.05) is 34.8 Å². The fourth-order valence-electron chi connectivity index (χ4n) is 4.74. The van der Waals surface area contributed by atoms with Gasteiger partial charge in [-0.2, -0.15) is 0 Å². The molecular formula is C26H24ClNO6. The molecule has 2 aromatic rings. The maximum atomic E-state index is 13.4. The lowest BCUT2D eigenvalue weighted by molar-refractivity contribution is -0.141. The van der Waals surface area contributed by atoms with Crippen LogP contribution in [0.25, 0.3) is 0 Å². The van der Waals surface area contributed by atoms with Gasteiger partial charge in [0.25, 0.3) is 0 Å². The smallest absolute Gasteiger partial charge is 0.336 e. The van der Waals surface area contributed by atoms with Crippen LogP contribution < -0.4 is 19.5 Å². The molecule has 176 valence electrons.